The van der Waals surface area contributed by atoms with Crippen molar-refractivity contribution >= 4 is 15.9 Å². The number of nitrogens with two attached hydrogens (primary N) is 1. The molecular formula is C14H20BrNO2. The second-order valence-corrected chi connectivity index (χ2v) is 5.96. The topological polar surface area (TPSA) is 44.5 Å². The molecule has 0 heterocycles. The lowest BCUT2D eigenvalue weighted by atomic mass is 9.62. The fourth-order valence-corrected chi connectivity index (χ4v) is 2.83. The smallest absolute Gasteiger partial charge is 0.134 e. The van der Waals surface area contributed by atoms with Gasteiger partial charge in [0.1, 0.15) is 17.6 Å². The molecule has 1 aliphatic rings. The summed E-state index contributed by atoms with van der Waals surface area (Å²) in [5.74, 6) is 1.67. The minimum absolute atomic E-state index is 0.0827. The lowest BCUT2D eigenvalue weighted by Gasteiger charge is -2.51. The molecule has 1 aliphatic carbocycles. The summed E-state index contributed by atoms with van der Waals surface area (Å²) < 4.78 is 12.2. The van der Waals surface area contributed by atoms with Crippen molar-refractivity contribution in [2.75, 3.05) is 7.11 Å². The van der Waals surface area contributed by atoms with Crippen molar-refractivity contribution < 1.29 is 9.47 Å². The number of hydrogen-bond acceptors (Lipinski definition) is 3. The second-order valence-electron chi connectivity index (χ2n) is 5.10. The standard InChI is InChI=1S/C14H20BrNO2/c1-4-14(2)12(16)8-13(14)18-11-6-5-9(17-3)7-10(11)15/h5-7,12-13H,4,8,16H2,1-3H3. The molecule has 0 radical (unpaired) electrons. The molecule has 18 heavy (non-hydrogen) atoms. The Morgan fingerprint density at radius 3 is 2.72 bits per heavy atom. The Morgan fingerprint density at radius 1 is 1.50 bits per heavy atom. The molecule has 1 aromatic carbocycles. The maximum atomic E-state index is 6.08. The van der Waals surface area contributed by atoms with E-state index in [1.807, 2.05) is 18.2 Å². The first-order valence-electron chi connectivity index (χ1n) is 6.27. The first-order chi connectivity index (χ1) is 8.51. The molecule has 0 amide bonds. The lowest BCUT2D eigenvalue weighted by molar-refractivity contribution is -0.0564. The quantitative estimate of drug-likeness (QED) is 0.927. The maximum absolute atomic E-state index is 6.08. The van der Waals surface area contributed by atoms with Gasteiger partial charge in [0.2, 0.25) is 0 Å². The number of ether oxygens (including phenoxy) is 2. The van der Waals surface area contributed by atoms with Gasteiger partial charge in [-0.05, 0) is 40.5 Å². The van der Waals surface area contributed by atoms with Crippen molar-refractivity contribution in [3.63, 3.8) is 0 Å². The van der Waals surface area contributed by atoms with E-state index in [1.165, 1.54) is 0 Å². The highest BCUT2D eigenvalue weighted by Gasteiger charge is 2.50. The van der Waals surface area contributed by atoms with E-state index in [9.17, 15) is 0 Å². The molecule has 2 N–H and O–H groups in total. The molecule has 1 saturated carbocycles. The van der Waals surface area contributed by atoms with Gasteiger partial charge in [-0.1, -0.05) is 13.8 Å². The van der Waals surface area contributed by atoms with Crippen LogP contribution in [0.3, 0.4) is 0 Å². The fraction of sp³-hybridized carbons (Fsp3) is 0.571. The van der Waals surface area contributed by atoms with Crippen LogP contribution < -0.4 is 15.2 Å². The molecule has 1 fully saturated rings. The van der Waals surface area contributed by atoms with Crippen LogP contribution in [0.4, 0.5) is 0 Å². The number of rotatable bonds is 4. The Kier molecular flexibility index (Phi) is 3.87. The van der Waals surface area contributed by atoms with Crippen molar-refractivity contribution in [3.05, 3.63) is 22.7 Å². The van der Waals surface area contributed by atoms with E-state index in [1.54, 1.807) is 7.11 Å². The van der Waals surface area contributed by atoms with E-state index in [2.05, 4.69) is 29.8 Å². The van der Waals surface area contributed by atoms with Crippen LogP contribution in [0, 0.1) is 5.41 Å². The third kappa shape index (κ3) is 2.24. The molecule has 2 rings (SSSR count). The van der Waals surface area contributed by atoms with Crippen molar-refractivity contribution in [3.8, 4) is 11.5 Å². The van der Waals surface area contributed by atoms with Crippen LogP contribution in [0.2, 0.25) is 0 Å². The Bertz CT molecular complexity index is 438. The highest BCUT2D eigenvalue weighted by atomic mass is 79.9. The Morgan fingerprint density at radius 2 is 2.22 bits per heavy atom. The van der Waals surface area contributed by atoms with Gasteiger partial charge in [-0.15, -0.1) is 0 Å². The summed E-state index contributed by atoms with van der Waals surface area (Å²) in [6.45, 7) is 4.36. The molecule has 0 aromatic heterocycles. The average Bonchev–Trinajstić information content (AvgIpc) is 2.39. The molecule has 4 heteroatoms. The van der Waals surface area contributed by atoms with Crippen LogP contribution in [0.5, 0.6) is 11.5 Å². The number of halogens is 1. The zero-order valence-electron chi connectivity index (χ0n) is 11.1. The molecule has 0 spiro atoms. The summed E-state index contributed by atoms with van der Waals surface area (Å²) in [7, 11) is 1.65. The molecule has 1 aromatic rings. The van der Waals surface area contributed by atoms with E-state index in [-0.39, 0.29) is 17.6 Å². The number of hydrogen-bond donors (Lipinski definition) is 1. The minimum Gasteiger partial charge on any atom is -0.497 e. The highest BCUT2D eigenvalue weighted by Crippen LogP contribution is 2.45. The van der Waals surface area contributed by atoms with Gasteiger partial charge < -0.3 is 15.2 Å². The van der Waals surface area contributed by atoms with Gasteiger partial charge in [0.15, 0.2) is 0 Å². The molecule has 0 bridgehead atoms. The maximum Gasteiger partial charge on any atom is 0.134 e. The Hall–Kier alpha value is -0.740. The van der Waals surface area contributed by atoms with E-state index >= 15 is 0 Å². The van der Waals surface area contributed by atoms with E-state index in [4.69, 9.17) is 15.2 Å². The van der Waals surface area contributed by atoms with E-state index in [0.717, 1.165) is 28.8 Å². The van der Waals surface area contributed by atoms with Gasteiger partial charge >= 0.3 is 0 Å². The normalized spacial score (nSPS) is 30.7. The SMILES string of the molecule is CCC1(C)C(N)CC1Oc1ccc(OC)cc1Br. The van der Waals surface area contributed by atoms with Gasteiger partial charge in [0.05, 0.1) is 11.6 Å². The van der Waals surface area contributed by atoms with Crippen LogP contribution in [0.15, 0.2) is 22.7 Å². The third-order valence-electron chi connectivity index (χ3n) is 4.22. The Labute approximate surface area is 117 Å². The highest BCUT2D eigenvalue weighted by molar-refractivity contribution is 9.10. The predicted molar refractivity (Wildman–Crippen MR) is 76.1 cm³/mol. The summed E-state index contributed by atoms with van der Waals surface area (Å²) >= 11 is 3.51. The van der Waals surface area contributed by atoms with Crippen molar-refractivity contribution in [2.24, 2.45) is 11.1 Å². The average molecular weight is 314 g/mol. The zero-order valence-corrected chi connectivity index (χ0v) is 12.7. The number of benzene rings is 1. The first kappa shape index (κ1) is 13.7. The summed E-state index contributed by atoms with van der Waals surface area (Å²) in [5.41, 5.74) is 6.17. The largest absolute Gasteiger partial charge is 0.497 e. The summed E-state index contributed by atoms with van der Waals surface area (Å²) in [5, 5.41) is 0. The molecule has 100 valence electrons. The first-order valence-corrected chi connectivity index (χ1v) is 7.06. The second kappa shape index (κ2) is 5.10. The van der Waals surface area contributed by atoms with Gasteiger partial charge in [-0.2, -0.15) is 0 Å². The van der Waals surface area contributed by atoms with Crippen LogP contribution in [-0.4, -0.2) is 19.3 Å². The monoisotopic (exact) mass is 313 g/mol. The predicted octanol–water partition coefficient (Wildman–Crippen LogP) is 3.35. The van der Waals surface area contributed by atoms with E-state index in [0.29, 0.717) is 0 Å². The van der Waals surface area contributed by atoms with Crippen LogP contribution in [-0.2, 0) is 0 Å². The van der Waals surface area contributed by atoms with Gasteiger partial charge in [0.25, 0.3) is 0 Å². The third-order valence-corrected chi connectivity index (χ3v) is 4.84. The van der Waals surface area contributed by atoms with Crippen molar-refractivity contribution in [1.82, 2.24) is 0 Å². The van der Waals surface area contributed by atoms with Gasteiger partial charge in [-0.25, -0.2) is 0 Å². The molecule has 3 atom stereocenters. The molecule has 3 unspecified atom stereocenters. The van der Waals surface area contributed by atoms with E-state index < -0.39 is 0 Å². The van der Waals surface area contributed by atoms with Gasteiger partial charge in [-0.3, -0.25) is 0 Å². The number of methoxy groups -OCH3 is 1. The van der Waals surface area contributed by atoms with Crippen LogP contribution >= 0.6 is 15.9 Å². The molecule has 0 aliphatic heterocycles. The molecule has 3 nitrogen and oxygen atoms in total. The summed E-state index contributed by atoms with van der Waals surface area (Å²) in [6.07, 6.45) is 2.15. The van der Waals surface area contributed by atoms with Crippen molar-refractivity contribution in [1.29, 1.82) is 0 Å². The minimum atomic E-state index is 0.0827. The Balaban J connectivity index is 2.11. The summed E-state index contributed by atoms with van der Waals surface area (Å²) in [4.78, 5) is 0. The van der Waals surface area contributed by atoms with Crippen LogP contribution in [0.25, 0.3) is 0 Å². The summed E-state index contributed by atoms with van der Waals surface area (Å²) in [6, 6.07) is 5.99. The molecule has 0 saturated heterocycles. The van der Waals surface area contributed by atoms with Gasteiger partial charge in [0, 0.05) is 17.9 Å². The van der Waals surface area contributed by atoms with Crippen LogP contribution in [0.1, 0.15) is 26.7 Å². The fourth-order valence-electron chi connectivity index (χ4n) is 2.38. The zero-order chi connectivity index (χ0) is 13.3. The van der Waals surface area contributed by atoms with Crippen molar-refractivity contribution in [2.45, 2.75) is 38.8 Å². The molecular weight excluding hydrogens is 294 g/mol. The lowest BCUT2D eigenvalue weighted by Crippen LogP contribution is -2.61.